The quantitative estimate of drug-likeness (QED) is 0.752. The third-order valence-electron chi connectivity index (χ3n) is 4.81. The van der Waals surface area contributed by atoms with Crippen molar-refractivity contribution in [2.75, 3.05) is 31.2 Å². The van der Waals surface area contributed by atoms with E-state index >= 15 is 0 Å². The minimum absolute atomic E-state index is 0.0444. The highest BCUT2D eigenvalue weighted by molar-refractivity contribution is 7.13. The number of hydrogen-bond acceptors (Lipinski definition) is 6. The Kier molecular flexibility index (Phi) is 6.20. The van der Waals surface area contributed by atoms with E-state index in [1.54, 1.807) is 5.38 Å². The number of ether oxygens (including phenoxy) is 1. The molecule has 7 nitrogen and oxygen atoms in total. The molecule has 1 saturated carbocycles. The first-order valence-corrected chi connectivity index (χ1v) is 9.67. The maximum Gasteiger partial charge on any atom is 0.391 e. The van der Waals surface area contributed by atoms with Gasteiger partial charge >= 0.3 is 6.18 Å². The van der Waals surface area contributed by atoms with Gasteiger partial charge in [-0.1, -0.05) is 6.42 Å². The van der Waals surface area contributed by atoms with Crippen LogP contribution in [0.25, 0.3) is 0 Å². The third kappa shape index (κ3) is 5.10. The van der Waals surface area contributed by atoms with Crippen molar-refractivity contribution in [2.45, 2.75) is 31.9 Å². The molecule has 0 radical (unpaired) electrons. The summed E-state index contributed by atoms with van der Waals surface area (Å²) in [5, 5.41) is 2.27. The fourth-order valence-electron chi connectivity index (χ4n) is 3.28. The third-order valence-corrected chi connectivity index (χ3v) is 5.71. The Bertz CT molecular complexity index is 676. The smallest absolute Gasteiger partial charge is 0.378 e. The highest BCUT2D eigenvalue weighted by atomic mass is 32.1. The summed E-state index contributed by atoms with van der Waals surface area (Å²) < 4.78 is 43.8. The summed E-state index contributed by atoms with van der Waals surface area (Å²) >= 11 is 1.31. The van der Waals surface area contributed by atoms with Crippen molar-refractivity contribution >= 4 is 28.3 Å². The molecule has 0 spiro atoms. The lowest BCUT2D eigenvalue weighted by Gasteiger charge is -2.29. The molecule has 2 fully saturated rings. The largest absolute Gasteiger partial charge is 0.391 e. The summed E-state index contributed by atoms with van der Waals surface area (Å²) in [5.74, 6) is -3.42. The van der Waals surface area contributed by atoms with Gasteiger partial charge in [0, 0.05) is 24.4 Å². The zero-order chi connectivity index (χ0) is 19.4. The molecule has 1 aliphatic carbocycles. The van der Waals surface area contributed by atoms with Crippen LogP contribution in [-0.4, -0.2) is 49.3 Å². The maximum atomic E-state index is 12.8. The lowest BCUT2D eigenvalue weighted by atomic mass is 9.80. The monoisotopic (exact) mass is 406 g/mol. The van der Waals surface area contributed by atoms with Gasteiger partial charge in [0.15, 0.2) is 5.13 Å². The first-order chi connectivity index (χ1) is 12.8. The first kappa shape index (κ1) is 19.9. The van der Waals surface area contributed by atoms with Crippen LogP contribution in [-0.2, 0) is 9.53 Å². The van der Waals surface area contributed by atoms with E-state index in [0.29, 0.717) is 44.3 Å². The number of amides is 2. The van der Waals surface area contributed by atoms with Gasteiger partial charge in [0.25, 0.3) is 5.91 Å². The first-order valence-electron chi connectivity index (χ1n) is 8.79. The molecule has 150 valence electrons. The van der Waals surface area contributed by atoms with Crippen molar-refractivity contribution in [3.8, 4) is 0 Å². The lowest BCUT2D eigenvalue weighted by Crippen LogP contribution is -2.46. The molecule has 0 bridgehead atoms. The molecule has 2 N–H and O–H groups in total. The zero-order valence-electron chi connectivity index (χ0n) is 14.6. The van der Waals surface area contributed by atoms with Gasteiger partial charge in [-0.05, 0) is 19.3 Å². The van der Waals surface area contributed by atoms with Crippen molar-refractivity contribution in [1.82, 2.24) is 15.8 Å². The number of anilines is 1. The van der Waals surface area contributed by atoms with Crippen LogP contribution in [0.4, 0.5) is 18.3 Å². The Balaban J connectivity index is 1.50. The summed E-state index contributed by atoms with van der Waals surface area (Å²) in [6, 6.07) is 0. The molecule has 2 heterocycles. The highest BCUT2D eigenvalue weighted by Crippen LogP contribution is 2.39. The highest BCUT2D eigenvalue weighted by Gasteiger charge is 2.43. The number of carbonyl (C=O) groups excluding carboxylic acids is 2. The number of alkyl halides is 3. The van der Waals surface area contributed by atoms with Crippen LogP contribution in [0.2, 0.25) is 0 Å². The number of hydrazine groups is 1. The molecule has 1 aromatic rings. The van der Waals surface area contributed by atoms with Crippen LogP contribution < -0.4 is 15.8 Å². The fraction of sp³-hybridized carbons (Fsp3) is 0.688. The normalized spacial score (nSPS) is 23.7. The summed E-state index contributed by atoms with van der Waals surface area (Å²) in [7, 11) is 0. The average molecular weight is 406 g/mol. The van der Waals surface area contributed by atoms with Gasteiger partial charge in [-0.15, -0.1) is 11.3 Å². The molecule has 27 heavy (non-hydrogen) atoms. The summed E-state index contributed by atoms with van der Waals surface area (Å²) in [6.45, 7) is 2.57. The van der Waals surface area contributed by atoms with Gasteiger partial charge in [0.2, 0.25) is 5.91 Å². The molecular formula is C16H21F3N4O3S. The van der Waals surface area contributed by atoms with Crippen molar-refractivity contribution in [3.63, 3.8) is 0 Å². The van der Waals surface area contributed by atoms with Crippen molar-refractivity contribution < 1.29 is 27.5 Å². The SMILES string of the molecule is O=C(NNC(=O)C1CCCC(C(F)(F)F)C1)c1csc(N2CCOCC2)n1. The predicted octanol–water partition coefficient (Wildman–Crippen LogP) is 2.11. The minimum Gasteiger partial charge on any atom is -0.378 e. The van der Waals surface area contributed by atoms with E-state index in [1.807, 2.05) is 4.90 Å². The summed E-state index contributed by atoms with van der Waals surface area (Å²) in [5.41, 5.74) is 4.64. The Hall–Kier alpha value is -1.88. The second kappa shape index (κ2) is 8.42. The predicted molar refractivity (Wildman–Crippen MR) is 92.3 cm³/mol. The van der Waals surface area contributed by atoms with Gasteiger partial charge < -0.3 is 9.64 Å². The van der Waals surface area contributed by atoms with E-state index in [9.17, 15) is 22.8 Å². The number of carbonyl (C=O) groups is 2. The van der Waals surface area contributed by atoms with Crippen molar-refractivity contribution in [1.29, 1.82) is 0 Å². The van der Waals surface area contributed by atoms with E-state index in [-0.39, 0.29) is 18.5 Å². The number of nitrogens with one attached hydrogen (secondary N) is 2. The second-order valence-corrected chi connectivity index (χ2v) is 7.50. The molecule has 2 unspecified atom stereocenters. The molecule has 0 aromatic carbocycles. The van der Waals surface area contributed by atoms with Crippen LogP contribution in [0.3, 0.4) is 0 Å². The number of hydrogen-bond donors (Lipinski definition) is 2. The number of halogens is 3. The van der Waals surface area contributed by atoms with E-state index in [2.05, 4.69) is 15.8 Å². The van der Waals surface area contributed by atoms with Crippen LogP contribution in [0, 0.1) is 11.8 Å². The number of morpholine rings is 1. The topological polar surface area (TPSA) is 83.6 Å². The molecule has 1 saturated heterocycles. The van der Waals surface area contributed by atoms with E-state index < -0.39 is 29.8 Å². The molecule has 2 atom stereocenters. The van der Waals surface area contributed by atoms with Gasteiger partial charge in [-0.2, -0.15) is 13.2 Å². The number of rotatable bonds is 3. The minimum atomic E-state index is -4.29. The van der Waals surface area contributed by atoms with Gasteiger partial charge in [0.05, 0.1) is 19.1 Å². The van der Waals surface area contributed by atoms with Crippen LogP contribution in [0.5, 0.6) is 0 Å². The Morgan fingerprint density at radius 1 is 1.22 bits per heavy atom. The van der Waals surface area contributed by atoms with Crippen LogP contribution in [0.1, 0.15) is 36.2 Å². The standard InChI is InChI=1S/C16H21F3N4O3S/c17-16(18,19)11-3-1-2-10(8-11)13(24)21-22-14(25)12-9-27-15(20-12)23-4-6-26-7-5-23/h9-11H,1-8H2,(H,21,24)(H,22,25). The Labute approximate surface area is 158 Å². The van der Waals surface area contributed by atoms with E-state index in [1.165, 1.54) is 11.3 Å². The molecule has 11 heteroatoms. The van der Waals surface area contributed by atoms with Gasteiger partial charge in [-0.3, -0.25) is 20.4 Å². The maximum absolute atomic E-state index is 12.8. The van der Waals surface area contributed by atoms with Crippen molar-refractivity contribution in [3.05, 3.63) is 11.1 Å². The van der Waals surface area contributed by atoms with Gasteiger partial charge in [0.1, 0.15) is 5.69 Å². The second-order valence-electron chi connectivity index (χ2n) is 6.66. The molecule has 2 aliphatic rings. The van der Waals surface area contributed by atoms with Gasteiger partial charge in [-0.25, -0.2) is 4.98 Å². The molecule has 1 aliphatic heterocycles. The zero-order valence-corrected chi connectivity index (χ0v) is 15.4. The molecular weight excluding hydrogens is 385 g/mol. The lowest BCUT2D eigenvalue weighted by molar-refractivity contribution is -0.186. The number of nitrogens with zero attached hydrogens (tertiary/aromatic N) is 2. The van der Waals surface area contributed by atoms with Crippen LogP contribution >= 0.6 is 11.3 Å². The molecule has 3 rings (SSSR count). The average Bonchev–Trinajstić information content (AvgIpc) is 3.16. The Morgan fingerprint density at radius 2 is 1.96 bits per heavy atom. The summed E-state index contributed by atoms with van der Waals surface area (Å²) in [4.78, 5) is 30.5. The molecule has 2 amide bonds. The Morgan fingerprint density at radius 3 is 2.67 bits per heavy atom. The number of aromatic nitrogens is 1. The fourth-order valence-corrected chi connectivity index (χ4v) is 4.14. The van der Waals surface area contributed by atoms with E-state index in [4.69, 9.17) is 4.74 Å². The summed E-state index contributed by atoms with van der Waals surface area (Å²) in [6.07, 6.45) is -3.78. The number of thiazole rings is 1. The van der Waals surface area contributed by atoms with Crippen LogP contribution in [0.15, 0.2) is 5.38 Å². The molecule has 1 aromatic heterocycles. The van der Waals surface area contributed by atoms with E-state index in [0.717, 1.165) is 0 Å². The van der Waals surface area contributed by atoms with Crippen molar-refractivity contribution in [2.24, 2.45) is 11.8 Å².